The number of hydrogen-bond acceptors (Lipinski definition) is 5. The maximum absolute atomic E-state index is 5.98. The van der Waals surface area contributed by atoms with Gasteiger partial charge in [-0.05, 0) is 19.3 Å². The van der Waals surface area contributed by atoms with Crippen molar-refractivity contribution < 1.29 is 18.9 Å². The standard InChI is InChI=1S/C16H27NO4/c1-2-4-14(5-3-1)16-20-13-15(21-16)12-19-11-8-17-6-9-18-10-7-17/h1-2,14-16H,3-13H2/t14-,15+,16+/m1/s1. The van der Waals surface area contributed by atoms with Crippen molar-refractivity contribution in [3.05, 3.63) is 12.2 Å². The smallest absolute Gasteiger partial charge is 0.161 e. The molecular weight excluding hydrogens is 270 g/mol. The maximum atomic E-state index is 5.98. The van der Waals surface area contributed by atoms with E-state index in [0.717, 1.165) is 52.3 Å². The second-order valence-electron chi connectivity index (χ2n) is 6.03. The number of ether oxygens (including phenoxy) is 4. The predicted molar refractivity (Wildman–Crippen MR) is 79.2 cm³/mol. The normalized spacial score (nSPS) is 34.4. The number of allylic oxidation sites excluding steroid dienone is 2. The Kier molecular flexibility index (Phi) is 6.06. The molecule has 3 rings (SSSR count). The summed E-state index contributed by atoms with van der Waals surface area (Å²) >= 11 is 0. The highest BCUT2D eigenvalue weighted by Gasteiger charge is 2.32. The monoisotopic (exact) mass is 297 g/mol. The number of morpholine rings is 1. The van der Waals surface area contributed by atoms with Gasteiger partial charge < -0.3 is 18.9 Å². The number of rotatable bonds is 6. The lowest BCUT2D eigenvalue weighted by Crippen LogP contribution is -2.38. The molecule has 0 aromatic carbocycles. The third-order valence-electron chi connectivity index (χ3n) is 4.43. The van der Waals surface area contributed by atoms with Gasteiger partial charge in [-0.25, -0.2) is 0 Å². The molecule has 0 saturated carbocycles. The molecule has 0 bridgehead atoms. The van der Waals surface area contributed by atoms with E-state index in [1.165, 1.54) is 6.42 Å². The molecule has 5 heteroatoms. The van der Waals surface area contributed by atoms with Crippen LogP contribution >= 0.6 is 0 Å². The SMILES string of the molecule is C1=CC[C@@H]([C@H]2OC[C@H](COCCN3CCOCC3)O2)CC1. The van der Waals surface area contributed by atoms with E-state index in [-0.39, 0.29) is 12.4 Å². The van der Waals surface area contributed by atoms with Gasteiger partial charge in [0.15, 0.2) is 6.29 Å². The summed E-state index contributed by atoms with van der Waals surface area (Å²) in [5.74, 6) is 0.522. The summed E-state index contributed by atoms with van der Waals surface area (Å²) in [5, 5.41) is 0. The Morgan fingerprint density at radius 2 is 2.10 bits per heavy atom. The lowest BCUT2D eigenvalue weighted by atomic mass is 9.94. The molecule has 120 valence electrons. The van der Waals surface area contributed by atoms with Crippen LogP contribution in [0.1, 0.15) is 19.3 Å². The van der Waals surface area contributed by atoms with Crippen LogP contribution < -0.4 is 0 Å². The van der Waals surface area contributed by atoms with Crippen molar-refractivity contribution >= 4 is 0 Å². The summed E-state index contributed by atoms with van der Waals surface area (Å²) in [5.41, 5.74) is 0. The van der Waals surface area contributed by atoms with E-state index in [2.05, 4.69) is 17.1 Å². The Hall–Kier alpha value is -0.460. The first-order valence-electron chi connectivity index (χ1n) is 8.22. The first-order valence-corrected chi connectivity index (χ1v) is 8.22. The molecule has 1 aliphatic carbocycles. The molecule has 5 nitrogen and oxygen atoms in total. The van der Waals surface area contributed by atoms with Crippen molar-refractivity contribution in [2.24, 2.45) is 5.92 Å². The average molecular weight is 297 g/mol. The van der Waals surface area contributed by atoms with E-state index in [0.29, 0.717) is 19.1 Å². The van der Waals surface area contributed by atoms with Crippen molar-refractivity contribution in [1.29, 1.82) is 0 Å². The van der Waals surface area contributed by atoms with E-state index < -0.39 is 0 Å². The molecular formula is C16H27NO4. The molecule has 2 aliphatic heterocycles. The number of hydrogen-bond donors (Lipinski definition) is 0. The third-order valence-corrected chi connectivity index (χ3v) is 4.43. The van der Waals surface area contributed by atoms with Crippen LogP contribution in [0.4, 0.5) is 0 Å². The Labute approximate surface area is 127 Å². The highest BCUT2D eigenvalue weighted by atomic mass is 16.7. The Bertz CT molecular complexity index is 330. The molecule has 0 radical (unpaired) electrons. The minimum Gasteiger partial charge on any atom is -0.379 e. The van der Waals surface area contributed by atoms with Crippen LogP contribution in [0.15, 0.2) is 12.2 Å². The van der Waals surface area contributed by atoms with Crippen LogP contribution in [-0.4, -0.2) is 70.0 Å². The van der Waals surface area contributed by atoms with Crippen LogP contribution in [0.3, 0.4) is 0 Å². The second-order valence-corrected chi connectivity index (χ2v) is 6.03. The van der Waals surface area contributed by atoms with Crippen LogP contribution in [0.2, 0.25) is 0 Å². The summed E-state index contributed by atoms with van der Waals surface area (Å²) in [6.45, 7) is 6.78. The van der Waals surface area contributed by atoms with Crippen LogP contribution in [0.5, 0.6) is 0 Å². The topological polar surface area (TPSA) is 40.2 Å². The summed E-state index contributed by atoms with van der Waals surface area (Å²) < 4.78 is 22.9. The quantitative estimate of drug-likeness (QED) is 0.548. The van der Waals surface area contributed by atoms with Crippen molar-refractivity contribution in [3.63, 3.8) is 0 Å². The summed E-state index contributed by atoms with van der Waals surface area (Å²) in [4.78, 5) is 2.38. The Morgan fingerprint density at radius 1 is 1.19 bits per heavy atom. The molecule has 0 aromatic heterocycles. The first-order chi connectivity index (χ1) is 10.4. The summed E-state index contributed by atoms with van der Waals surface area (Å²) in [6.07, 6.45) is 7.97. The molecule has 3 aliphatic rings. The summed E-state index contributed by atoms with van der Waals surface area (Å²) in [6, 6.07) is 0. The van der Waals surface area contributed by atoms with E-state index in [1.807, 2.05) is 0 Å². The molecule has 0 N–H and O–H groups in total. The fraction of sp³-hybridized carbons (Fsp3) is 0.875. The van der Waals surface area contributed by atoms with Gasteiger partial charge in [0.2, 0.25) is 0 Å². The molecule has 0 spiro atoms. The third kappa shape index (κ3) is 4.76. The molecule has 2 saturated heterocycles. The molecule has 2 fully saturated rings. The molecule has 0 aromatic rings. The maximum Gasteiger partial charge on any atom is 0.161 e. The average Bonchev–Trinajstić information content (AvgIpc) is 3.02. The van der Waals surface area contributed by atoms with Crippen LogP contribution in [0, 0.1) is 5.92 Å². The van der Waals surface area contributed by atoms with Crippen LogP contribution in [0.25, 0.3) is 0 Å². The first kappa shape index (κ1) is 15.4. The van der Waals surface area contributed by atoms with Gasteiger partial charge in [-0.3, -0.25) is 4.90 Å². The van der Waals surface area contributed by atoms with Crippen LogP contribution in [-0.2, 0) is 18.9 Å². The lowest BCUT2D eigenvalue weighted by Gasteiger charge is -2.26. The van der Waals surface area contributed by atoms with E-state index in [4.69, 9.17) is 18.9 Å². The van der Waals surface area contributed by atoms with E-state index >= 15 is 0 Å². The highest BCUT2D eigenvalue weighted by molar-refractivity contribution is 4.91. The minimum absolute atomic E-state index is 0.0252. The highest BCUT2D eigenvalue weighted by Crippen LogP contribution is 2.28. The fourth-order valence-electron chi connectivity index (χ4n) is 3.10. The molecule has 0 amide bonds. The molecule has 0 unspecified atom stereocenters. The molecule has 21 heavy (non-hydrogen) atoms. The Morgan fingerprint density at radius 3 is 2.90 bits per heavy atom. The van der Waals surface area contributed by atoms with Crippen molar-refractivity contribution in [2.75, 3.05) is 52.7 Å². The lowest BCUT2D eigenvalue weighted by molar-refractivity contribution is -0.108. The zero-order valence-electron chi connectivity index (χ0n) is 12.7. The van der Waals surface area contributed by atoms with Gasteiger partial charge in [0, 0.05) is 25.6 Å². The van der Waals surface area contributed by atoms with Gasteiger partial charge >= 0.3 is 0 Å². The van der Waals surface area contributed by atoms with Crippen molar-refractivity contribution in [1.82, 2.24) is 4.90 Å². The summed E-state index contributed by atoms with van der Waals surface area (Å²) in [7, 11) is 0. The van der Waals surface area contributed by atoms with Gasteiger partial charge in [-0.2, -0.15) is 0 Å². The van der Waals surface area contributed by atoms with Crippen molar-refractivity contribution in [3.8, 4) is 0 Å². The van der Waals surface area contributed by atoms with Gasteiger partial charge in [-0.1, -0.05) is 12.2 Å². The minimum atomic E-state index is -0.0252. The van der Waals surface area contributed by atoms with Gasteiger partial charge in [0.05, 0.1) is 33.0 Å². The number of nitrogens with zero attached hydrogens (tertiary/aromatic N) is 1. The van der Waals surface area contributed by atoms with Gasteiger partial charge in [-0.15, -0.1) is 0 Å². The van der Waals surface area contributed by atoms with E-state index in [9.17, 15) is 0 Å². The fourth-order valence-corrected chi connectivity index (χ4v) is 3.10. The zero-order valence-corrected chi connectivity index (χ0v) is 12.7. The largest absolute Gasteiger partial charge is 0.379 e. The predicted octanol–water partition coefficient (Wildman–Crippen LogP) is 1.43. The second kappa shape index (κ2) is 8.25. The Balaban J connectivity index is 1.27. The molecule has 2 heterocycles. The zero-order chi connectivity index (χ0) is 14.3. The van der Waals surface area contributed by atoms with Crippen molar-refractivity contribution in [2.45, 2.75) is 31.7 Å². The van der Waals surface area contributed by atoms with Gasteiger partial charge in [0.25, 0.3) is 0 Å². The molecule has 3 atom stereocenters. The van der Waals surface area contributed by atoms with E-state index in [1.54, 1.807) is 0 Å². The van der Waals surface area contributed by atoms with Gasteiger partial charge in [0.1, 0.15) is 6.10 Å².